The Labute approximate surface area is 103 Å². The number of nitrogens with one attached hydrogen (secondary N) is 1. The molecule has 0 bridgehead atoms. The number of alkyl halides is 3. The lowest BCUT2D eigenvalue weighted by Crippen LogP contribution is -2.25. The second-order valence-corrected chi connectivity index (χ2v) is 4.21. The van der Waals surface area contributed by atoms with Crippen LogP contribution in [-0.2, 0) is 6.54 Å². The normalized spacial score (nSPS) is 16.2. The zero-order chi connectivity index (χ0) is 13.0. The number of hydrogen-bond donors (Lipinski definition) is 1. The molecule has 0 spiro atoms. The van der Waals surface area contributed by atoms with Crippen LogP contribution in [0.1, 0.15) is 18.4 Å². The summed E-state index contributed by atoms with van der Waals surface area (Å²) in [5, 5.41) is 3.34. The summed E-state index contributed by atoms with van der Waals surface area (Å²) >= 11 is 0. The second-order valence-electron chi connectivity index (χ2n) is 4.21. The van der Waals surface area contributed by atoms with Gasteiger partial charge in [0, 0.05) is 12.6 Å². The van der Waals surface area contributed by atoms with Crippen LogP contribution >= 0.6 is 0 Å². The smallest absolute Gasteiger partial charge is 0.406 e. The van der Waals surface area contributed by atoms with Gasteiger partial charge in [-0.05, 0) is 30.5 Å². The first-order chi connectivity index (χ1) is 8.53. The van der Waals surface area contributed by atoms with Gasteiger partial charge in [0.2, 0.25) is 0 Å². The Morgan fingerprint density at radius 3 is 2.28 bits per heavy atom. The van der Waals surface area contributed by atoms with Crippen molar-refractivity contribution in [1.29, 1.82) is 0 Å². The van der Waals surface area contributed by atoms with Gasteiger partial charge in [-0.25, -0.2) is 0 Å². The summed E-state index contributed by atoms with van der Waals surface area (Å²) in [5.41, 5.74) is 0.941. The van der Waals surface area contributed by atoms with Gasteiger partial charge in [0.05, 0.1) is 0 Å². The highest BCUT2D eigenvalue weighted by atomic mass is 19.4. The van der Waals surface area contributed by atoms with E-state index in [1.165, 1.54) is 12.1 Å². The van der Waals surface area contributed by atoms with E-state index in [1.54, 1.807) is 12.1 Å². The Morgan fingerprint density at radius 1 is 1.11 bits per heavy atom. The van der Waals surface area contributed by atoms with E-state index in [-0.39, 0.29) is 5.75 Å². The third-order valence-corrected chi connectivity index (χ3v) is 2.76. The molecule has 5 heteroatoms. The Bertz CT molecular complexity index is 403. The van der Waals surface area contributed by atoms with E-state index in [1.807, 2.05) is 0 Å². The van der Waals surface area contributed by atoms with Gasteiger partial charge in [0.25, 0.3) is 0 Å². The van der Waals surface area contributed by atoms with Crippen molar-refractivity contribution in [1.82, 2.24) is 5.32 Å². The summed E-state index contributed by atoms with van der Waals surface area (Å²) in [6, 6.07) is 6.37. The van der Waals surface area contributed by atoms with Gasteiger partial charge < -0.3 is 10.1 Å². The zero-order valence-corrected chi connectivity index (χ0v) is 9.70. The van der Waals surface area contributed by atoms with E-state index in [2.05, 4.69) is 22.2 Å². The maximum Gasteiger partial charge on any atom is 0.573 e. The summed E-state index contributed by atoms with van der Waals surface area (Å²) in [7, 11) is 0. The van der Waals surface area contributed by atoms with Crippen molar-refractivity contribution in [2.24, 2.45) is 0 Å². The molecule has 1 aliphatic carbocycles. The fourth-order valence-electron chi connectivity index (χ4n) is 1.86. The molecule has 2 rings (SSSR count). The van der Waals surface area contributed by atoms with Crippen molar-refractivity contribution in [2.45, 2.75) is 31.8 Å². The van der Waals surface area contributed by atoms with Gasteiger partial charge in [-0.2, -0.15) is 0 Å². The molecule has 0 aromatic heterocycles. The predicted molar refractivity (Wildman–Crippen MR) is 62.1 cm³/mol. The lowest BCUT2D eigenvalue weighted by Gasteiger charge is -2.12. The third-order valence-electron chi connectivity index (χ3n) is 2.76. The minimum absolute atomic E-state index is 0.186. The van der Waals surface area contributed by atoms with Crippen molar-refractivity contribution in [2.75, 3.05) is 0 Å². The molecule has 1 aromatic rings. The van der Waals surface area contributed by atoms with E-state index < -0.39 is 6.36 Å². The largest absolute Gasteiger partial charge is 0.573 e. The summed E-state index contributed by atoms with van der Waals surface area (Å²) in [6.45, 7) is 0.651. The lowest BCUT2D eigenvalue weighted by molar-refractivity contribution is -0.274. The fourth-order valence-corrected chi connectivity index (χ4v) is 1.86. The van der Waals surface area contributed by atoms with Crippen molar-refractivity contribution >= 4 is 0 Å². The standard InChI is InChI=1S/C13H14F3NO/c14-13(15,16)18-12-7-5-10(6-8-12)9-17-11-3-1-2-4-11/h1-2,5-8,11,17H,3-4,9H2. The molecule has 0 atom stereocenters. The van der Waals surface area contributed by atoms with Crippen LogP contribution in [0.2, 0.25) is 0 Å². The van der Waals surface area contributed by atoms with Crippen LogP contribution in [0.3, 0.4) is 0 Å². The highest BCUT2D eigenvalue weighted by Crippen LogP contribution is 2.22. The molecule has 1 N–H and O–H groups in total. The van der Waals surface area contributed by atoms with Gasteiger partial charge in [0.15, 0.2) is 0 Å². The molecule has 0 unspecified atom stereocenters. The molecule has 0 fully saturated rings. The molecular weight excluding hydrogens is 243 g/mol. The molecule has 0 saturated heterocycles. The quantitative estimate of drug-likeness (QED) is 0.835. The SMILES string of the molecule is FC(F)(F)Oc1ccc(CNC2CC=CC2)cc1. The molecule has 0 radical (unpaired) electrons. The molecule has 0 amide bonds. The molecule has 2 nitrogen and oxygen atoms in total. The van der Waals surface area contributed by atoms with E-state index >= 15 is 0 Å². The van der Waals surface area contributed by atoms with Crippen LogP contribution in [-0.4, -0.2) is 12.4 Å². The van der Waals surface area contributed by atoms with E-state index in [0.717, 1.165) is 18.4 Å². The minimum Gasteiger partial charge on any atom is -0.406 e. The number of benzene rings is 1. The second kappa shape index (κ2) is 5.44. The van der Waals surface area contributed by atoms with Crippen molar-refractivity contribution in [3.05, 3.63) is 42.0 Å². The Morgan fingerprint density at radius 2 is 1.72 bits per heavy atom. The van der Waals surface area contributed by atoms with Gasteiger partial charge in [-0.3, -0.25) is 0 Å². The molecule has 18 heavy (non-hydrogen) atoms. The van der Waals surface area contributed by atoms with Crippen molar-refractivity contribution in [3.63, 3.8) is 0 Å². The average molecular weight is 257 g/mol. The Kier molecular flexibility index (Phi) is 3.91. The summed E-state index contributed by atoms with van der Waals surface area (Å²) in [6.07, 6.45) is 1.63. The lowest BCUT2D eigenvalue weighted by atomic mass is 10.2. The Balaban J connectivity index is 1.83. The zero-order valence-electron chi connectivity index (χ0n) is 9.70. The van der Waals surface area contributed by atoms with Crippen LogP contribution < -0.4 is 10.1 Å². The summed E-state index contributed by atoms with van der Waals surface area (Å²) in [5.74, 6) is -0.186. The molecular formula is C13H14F3NO. The number of hydrogen-bond acceptors (Lipinski definition) is 2. The first kappa shape index (κ1) is 13.0. The van der Waals surface area contributed by atoms with Gasteiger partial charge >= 0.3 is 6.36 Å². The van der Waals surface area contributed by atoms with Crippen LogP contribution in [0.15, 0.2) is 36.4 Å². The fraction of sp³-hybridized carbons (Fsp3) is 0.385. The molecule has 0 aliphatic heterocycles. The van der Waals surface area contributed by atoms with Gasteiger partial charge in [-0.15, -0.1) is 13.2 Å². The summed E-state index contributed by atoms with van der Waals surface area (Å²) < 4.78 is 39.7. The number of rotatable bonds is 4. The molecule has 0 saturated carbocycles. The average Bonchev–Trinajstić information content (AvgIpc) is 2.79. The molecule has 98 valence electrons. The van der Waals surface area contributed by atoms with Crippen LogP contribution in [0.5, 0.6) is 5.75 Å². The monoisotopic (exact) mass is 257 g/mol. The maximum atomic E-state index is 12.0. The van der Waals surface area contributed by atoms with Gasteiger partial charge in [-0.1, -0.05) is 24.3 Å². The van der Waals surface area contributed by atoms with Crippen LogP contribution in [0.25, 0.3) is 0 Å². The highest BCUT2D eigenvalue weighted by molar-refractivity contribution is 5.27. The van der Waals surface area contributed by atoms with Crippen LogP contribution in [0.4, 0.5) is 13.2 Å². The van der Waals surface area contributed by atoms with E-state index in [9.17, 15) is 13.2 Å². The molecule has 1 aliphatic rings. The first-order valence-electron chi connectivity index (χ1n) is 5.76. The number of halogens is 3. The van der Waals surface area contributed by atoms with Gasteiger partial charge in [0.1, 0.15) is 5.75 Å². The number of ether oxygens (including phenoxy) is 1. The highest BCUT2D eigenvalue weighted by Gasteiger charge is 2.30. The molecule has 1 aromatic carbocycles. The maximum absolute atomic E-state index is 12.0. The van der Waals surface area contributed by atoms with Crippen molar-refractivity contribution < 1.29 is 17.9 Å². The predicted octanol–water partition coefficient (Wildman–Crippen LogP) is 3.39. The summed E-state index contributed by atoms with van der Waals surface area (Å²) in [4.78, 5) is 0. The Hall–Kier alpha value is -1.49. The molecule has 0 heterocycles. The van der Waals surface area contributed by atoms with Crippen molar-refractivity contribution in [3.8, 4) is 5.75 Å². The van der Waals surface area contributed by atoms with Crippen LogP contribution in [0, 0.1) is 0 Å². The topological polar surface area (TPSA) is 21.3 Å². The third kappa shape index (κ3) is 4.07. The van der Waals surface area contributed by atoms with E-state index in [0.29, 0.717) is 12.6 Å². The minimum atomic E-state index is -4.63. The van der Waals surface area contributed by atoms with E-state index in [4.69, 9.17) is 0 Å². The first-order valence-corrected chi connectivity index (χ1v) is 5.76.